The Labute approximate surface area is 163 Å². The third-order valence-electron chi connectivity index (χ3n) is 3.13. The SMILES string of the molecule is COc1ccc(NC(N)=NCCc2ccc(Cl)nc2)cc1OC.I. The van der Waals surface area contributed by atoms with Crippen LogP contribution in [0.25, 0.3) is 0 Å². The summed E-state index contributed by atoms with van der Waals surface area (Å²) >= 11 is 5.74. The number of ether oxygens (including phenoxy) is 2. The Kier molecular flexibility index (Phi) is 8.62. The number of hydrogen-bond acceptors (Lipinski definition) is 4. The maximum atomic E-state index is 5.89. The minimum absolute atomic E-state index is 0. The molecule has 0 atom stereocenters. The number of hydrogen-bond donors (Lipinski definition) is 2. The van der Waals surface area contributed by atoms with Gasteiger partial charge in [-0.05, 0) is 30.2 Å². The van der Waals surface area contributed by atoms with Gasteiger partial charge in [0.05, 0.1) is 14.2 Å². The van der Waals surface area contributed by atoms with Crippen LogP contribution >= 0.6 is 35.6 Å². The molecule has 2 rings (SSSR count). The van der Waals surface area contributed by atoms with Crippen molar-refractivity contribution in [3.63, 3.8) is 0 Å². The summed E-state index contributed by atoms with van der Waals surface area (Å²) in [6.45, 7) is 0.551. The molecule has 8 heteroatoms. The Morgan fingerprint density at radius 1 is 1.21 bits per heavy atom. The summed E-state index contributed by atoms with van der Waals surface area (Å²) in [7, 11) is 3.17. The third-order valence-corrected chi connectivity index (χ3v) is 3.35. The minimum atomic E-state index is 0. The summed E-state index contributed by atoms with van der Waals surface area (Å²) in [4.78, 5) is 8.31. The zero-order valence-electron chi connectivity index (χ0n) is 13.5. The smallest absolute Gasteiger partial charge is 0.193 e. The van der Waals surface area contributed by atoms with Gasteiger partial charge in [0, 0.05) is 24.5 Å². The fraction of sp³-hybridized carbons (Fsp3) is 0.250. The predicted octanol–water partition coefficient (Wildman–Crippen LogP) is 3.34. The van der Waals surface area contributed by atoms with E-state index in [1.807, 2.05) is 12.1 Å². The number of anilines is 1. The zero-order valence-corrected chi connectivity index (χ0v) is 16.5. The first-order chi connectivity index (χ1) is 11.1. The van der Waals surface area contributed by atoms with Crippen molar-refractivity contribution in [1.29, 1.82) is 0 Å². The molecule has 0 aliphatic carbocycles. The van der Waals surface area contributed by atoms with Crippen molar-refractivity contribution < 1.29 is 9.47 Å². The zero-order chi connectivity index (χ0) is 16.7. The highest BCUT2D eigenvalue weighted by atomic mass is 127. The highest BCUT2D eigenvalue weighted by Gasteiger charge is 2.05. The van der Waals surface area contributed by atoms with E-state index in [4.69, 9.17) is 26.8 Å². The van der Waals surface area contributed by atoms with Gasteiger partial charge >= 0.3 is 0 Å². The monoisotopic (exact) mass is 462 g/mol. The number of nitrogens with zero attached hydrogens (tertiary/aromatic N) is 2. The molecule has 0 aliphatic heterocycles. The van der Waals surface area contributed by atoms with Crippen LogP contribution in [-0.2, 0) is 6.42 Å². The van der Waals surface area contributed by atoms with Gasteiger partial charge in [0.15, 0.2) is 17.5 Å². The molecule has 0 fully saturated rings. The Hall–Kier alpha value is -1.74. The van der Waals surface area contributed by atoms with E-state index in [1.54, 1.807) is 38.6 Å². The van der Waals surface area contributed by atoms with Gasteiger partial charge in [-0.2, -0.15) is 0 Å². The number of halogens is 2. The van der Waals surface area contributed by atoms with E-state index in [0.29, 0.717) is 29.2 Å². The molecule has 0 bridgehead atoms. The largest absolute Gasteiger partial charge is 0.493 e. The Morgan fingerprint density at radius 2 is 1.96 bits per heavy atom. The number of nitrogens with two attached hydrogens (primary N) is 1. The van der Waals surface area contributed by atoms with Crippen LogP contribution < -0.4 is 20.5 Å². The molecule has 0 unspecified atom stereocenters. The van der Waals surface area contributed by atoms with Crippen LogP contribution in [0.2, 0.25) is 5.15 Å². The fourth-order valence-corrected chi connectivity index (χ4v) is 2.07. The van der Waals surface area contributed by atoms with Crippen molar-refractivity contribution in [2.45, 2.75) is 6.42 Å². The lowest BCUT2D eigenvalue weighted by Crippen LogP contribution is -2.23. The highest BCUT2D eigenvalue weighted by Crippen LogP contribution is 2.29. The fourth-order valence-electron chi connectivity index (χ4n) is 1.96. The number of rotatable bonds is 6. The van der Waals surface area contributed by atoms with Crippen LogP contribution in [-0.4, -0.2) is 31.7 Å². The Morgan fingerprint density at radius 3 is 2.58 bits per heavy atom. The van der Waals surface area contributed by atoms with E-state index in [0.717, 1.165) is 17.7 Å². The van der Waals surface area contributed by atoms with E-state index < -0.39 is 0 Å². The van der Waals surface area contributed by atoms with E-state index >= 15 is 0 Å². The van der Waals surface area contributed by atoms with E-state index in [1.165, 1.54) is 0 Å². The van der Waals surface area contributed by atoms with Gasteiger partial charge in [-0.3, -0.25) is 4.99 Å². The number of benzene rings is 1. The maximum Gasteiger partial charge on any atom is 0.193 e. The summed E-state index contributed by atoms with van der Waals surface area (Å²) in [5, 5.41) is 3.50. The van der Waals surface area contributed by atoms with Gasteiger partial charge in [0.2, 0.25) is 0 Å². The lowest BCUT2D eigenvalue weighted by molar-refractivity contribution is 0.355. The van der Waals surface area contributed by atoms with Gasteiger partial charge in [-0.25, -0.2) is 4.98 Å². The average molecular weight is 463 g/mol. The second-order valence-corrected chi connectivity index (χ2v) is 5.09. The lowest BCUT2D eigenvalue weighted by Gasteiger charge is -2.10. The molecule has 1 aromatic carbocycles. The summed E-state index contributed by atoms with van der Waals surface area (Å²) in [5.41, 5.74) is 7.71. The molecule has 0 saturated carbocycles. The second kappa shape index (κ2) is 10.2. The summed E-state index contributed by atoms with van der Waals surface area (Å²) < 4.78 is 10.4. The molecule has 1 heterocycles. The Bertz CT molecular complexity index is 680. The van der Waals surface area contributed by atoms with Crippen LogP contribution in [0.5, 0.6) is 11.5 Å². The van der Waals surface area contributed by atoms with Crippen molar-refractivity contribution in [2.24, 2.45) is 10.7 Å². The number of pyridine rings is 1. The molecular weight excluding hydrogens is 443 g/mol. The van der Waals surface area contributed by atoms with Gasteiger partial charge in [-0.1, -0.05) is 17.7 Å². The van der Waals surface area contributed by atoms with Gasteiger partial charge in [0.25, 0.3) is 0 Å². The number of methoxy groups -OCH3 is 2. The van der Waals surface area contributed by atoms with Crippen molar-refractivity contribution in [3.8, 4) is 11.5 Å². The highest BCUT2D eigenvalue weighted by molar-refractivity contribution is 14.0. The third kappa shape index (κ3) is 6.04. The van der Waals surface area contributed by atoms with E-state index in [2.05, 4.69) is 15.3 Å². The molecule has 0 amide bonds. The van der Waals surface area contributed by atoms with Gasteiger partial charge in [0.1, 0.15) is 5.15 Å². The quantitative estimate of drug-likeness (QED) is 0.298. The standard InChI is InChI=1S/C16H19ClN4O2.HI/c1-22-13-5-4-12(9-14(13)23-2)21-16(18)19-8-7-11-3-6-15(17)20-10-11;/h3-6,9-10H,7-8H2,1-2H3,(H3,18,19,21);1H. The van der Waals surface area contributed by atoms with Crippen LogP contribution in [0.15, 0.2) is 41.5 Å². The molecule has 0 saturated heterocycles. The summed E-state index contributed by atoms with van der Waals surface area (Å²) in [5.74, 6) is 1.61. The number of aromatic nitrogens is 1. The minimum Gasteiger partial charge on any atom is -0.493 e. The molecule has 6 nitrogen and oxygen atoms in total. The molecule has 0 aliphatic rings. The first-order valence-corrected chi connectivity index (χ1v) is 7.39. The summed E-state index contributed by atoms with van der Waals surface area (Å²) in [6.07, 6.45) is 2.47. The van der Waals surface area contributed by atoms with Gasteiger partial charge < -0.3 is 20.5 Å². The van der Waals surface area contributed by atoms with Gasteiger partial charge in [-0.15, -0.1) is 24.0 Å². The van der Waals surface area contributed by atoms with Crippen molar-refractivity contribution in [1.82, 2.24) is 4.98 Å². The molecular formula is C16H20ClIN4O2. The second-order valence-electron chi connectivity index (χ2n) is 4.70. The van der Waals surface area contributed by atoms with Crippen LogP contribution in [0, 0.1) is 0 Å². The molecule has 0 spiro atoms. The Balaban J connectivity index is 0.00000288. The molecule has 24 heavy (non-hydrogen) atoms. The molecule has 2 aromatic rings. The molecule has 1 aromatic heterocycles. The average Bonchev–Trinajstić information content (AvgIpc) is 2.56. The van der Waals surface area contributed by atoms with Crippen LogP contribution in [0.4, 0.5) is 5.69 Å². The summed E-state index contributed by atoms with van der Waals surface area (Å²) in [6, 6.07) is 9.11. The number of nitrogens with one attached hydrogen (secondary N) is 1. The normalized spacial score (nSPS) is 10.7. The van der Waals surface area contributed by atoms with Crippen molar-refractivity contribution in [2.75, 3.05) is 26.1 Å². The molecule has 0 radical (unpaired) electrons. The van der Waals surface area contributed by atoms with E-state index in [-0.39, 0.29) is 24.0 Å². The van der Waals surface area contributed by atoms with Crippen molar-refractivity contribution >= 4 is 47.2 Å². The van der Waals surface area contributed by atoms with Crippen molar-refractivity contribution in [3.05, 3.63) is 47.2 Å². The molecule has 3 N–H and O–H groups in total. The maximum absolute atomic E-state index is 5.89. The van der Waals surface area contributed by atoms with E-state index in [9.17, 15) is 0 Å². The van der Waals surface area contributed by atoms with Crippen LogP contribution in [0.1, 0.15) is 5.56 Å². The number of guanidine groups is 1. The first kappa shape index (κ1) is 20.3. The predicted molar refractivity (Wildman–Crippen MR) is 108 cm³/mol. The first-order valence-electron chi connectivity index (χ1n) is 7.01. The number of aliphatic imine (C=N–C) groups is 1. The van der Waals surface area contributed by atoms with Crippen LogP contribution in [0.3, 0.4) is 0 Å². The lowest BCUT2D eigenvalue weighted by atomic mass is 10.2. The topological polar surface area (TPSA) is 81.8 Å². The molecule has 130 valence electrons.